The number of halogens is 4. The minimum Gasteiger partial charge on any atom is -0.288 e. The molecule has 4 aliphatic rings. The highest BCUT2D eigenvalue weighted by atomic mass is 32.1. The third-order valence-electron chi connectivity index (χ3n) is 10.9. The van der Waals surface area contributed by atoms with E-state index in [1.807, 2.05) is 39.8 Å². The second-order valence-corrected chi connectivity index (χ2v) is 15.6. The average Bonchev–Trinajstić information content (AvgIpc) is 3.76. The van der Waals surface area contributed by atoms with Crippen LogP contribution in [0.5, 0.6) is 0 Å². The van der Waals surface area contributed by atoms with E-state index in [4.69, 9.17) is 0 Å². The number of hydrogen-bond acceptors (Lipinski definition) is 5. The molecule has 0 spiro atoms. The van der Waals surface area contributed by atoms with Crippen molar-refractivity contribution in [2.45, 2.75) is 38.5 Å². The maximum Gasteiger partial charge on any atom is 0.197 e. The van der Waals surface area contributed by atoms with E-state index >= 15 is 0 Å². The molecule has 1 aromatic heterocycles. The summed E-state index contributed by atoms with van der Waals surface area (Å²) in [6.45, 7) is 7.98. The van der Waals surface area contributed by atoms with Crippen LogP contribution in [0.3, 0.4) is 0 Å². The van der Waals surface area contributed by atoms with E-state index in [1.165, 1.54) is 12.2 Å². The van der Waals surface area contributed by atoms with Crippen LogP contribution in [-0.2, 0) is 10.8 Å². The normalized spacial score (nSPS) is 18.0. The van der Waals surface area contributed by atoms with E-state index in [0.29, 0.717) is 0 Å². The molecule has 51 heavy (non-hydrogen) atoms. The first-order chi connectivity index (χ1) is 24.1. The quantitative estimate of drug-likeness (QED) is 0.104. The number of benzene rings is 4. The van der Waals surface area contributed by atoms with Crippen molar-refractivity contribution in [3.8, 4) is 0 Å². The van der Waals surface area contributed by atoms with Gasteiger partial charge in [-0.05, 0) is 94.1 Å². The van der Waals surface area contributed by atoms with Crippen LogP contribution in [0, 0.1) is 23.3 Å². The lowest BCUT2D eigenvalue weighted by molar-refractivity contribution is 0.0973. The number of carbonyl (C=O) groups is 4. The molecule has 0 saturated carbocycles. The molecule has 250 valence electrons. The molecule has 0 N–H and O–H groups in total. The standard InChI is InChI=1S/C42H24F4O4S/c1-41(2)19(9-27-37(47)23-13-31(43)32(44)14-24(23)38(27)48)5-17-7-35-21(11-29(17)41)22-12-30-18(8-36(22)51-35)6-20(42(30,3)4)10-28-39(49)25-15-33(45)34(46)16-26(25)40(28)50/h5-16H,1-4H3. The predicted molar refractivity (Wildman–Crippen MR) is 188 cm³/mol. The molecule has 0 unspecified atom stereocenters. The van der Waals surface area contributed by atoms with Crippen molar-refractivity contribution < 1.29 is 36.7 Å². The van der Waals surface area contributed by atoms with E-state index in [2.05, 4.69) is 24.3 Å². The predicted octanol–water partition coefficient (Wildman–Crippen LogP) is 9.97. The Hall–Kier alpha value is -5.54. The monoisotopic (exact) mass is 700 g/mol. The molecular weight excluding hydrogens is 677 g/mol. The van der Waals surface area contributed by atoms with Gasteiger partial charge in [0.1, 0.15) is 0 Å². The highest BCUT2D eigenvalue weighted by Crippen LogP contribution is 2.50. The Kier molecular flexibility index (Phi) is 6.19. The molecule has 0 radical (unpaired) electrons. The van der Waals surface area contributed by atoms with Gasteiger partial charge in [-0.1, -0.05) is 39.8 Å². The number of thiophene rings is 1. The third kappa shape index (κ3) is 4.18. The van der Waals surface area contributed by atoms with Crippen molar-refractivity contribution in [1.29, 1.82) is 0 Å². The van der Waals surface area contributed by atoms with Gasteiger partial charge >= 0.3 is 0 Å². The van der Waals surface area contributed by atoms with Crippen molar-refractivity contribution in [1.82, 2.24) is 0 Å². The molecule has 4 nitrogen and oxygen atoms in total. The van der Waals surface area contributed by atoms with Crippen LogP contribution in [0.1, 0.15) is 91.4 Å². The number of allylic oxidation sites excluding steroid dienone is 6. The van der Waals surface area contributed by atoms with Crippen molar-refractivity contribution in [3.63, 3.8) is 0 Å². The first-order valence-corrected chi connectivity index (χ1v) is 17.0. The van der Waals surface area contributed by atoms with Crippen molar-refractivity contribution in [2.75, 3.05) is 0 Å². The van der Waals surface area contributed by atoms with E-state index in [0.717, 1.165) is 77.8 Å². The molecule has 0 bridgehead atoms. The van der Waals surface area contributed by atoms with Crippen LogP contribution in [-0.4, -0.2) is 23.1 Å². The third-order valence-corrected chi connectivity index (χ3v) is 12.0. The minimum absolute atomic E-state index is 0.130. The lowest BCUT2D eigenvalue weighted by atomic mass is 9.79. The molecule has 0 saturated heterocycles. The highest BCUT2D eigenvalue weighted by molar-refractivity contribution is 7.25. The van der Waals surface area contributed by atoms with Gasteiger partial charge in [0.05, 0.1) is 11.1 Å². The zero-order valence-corrected chi connectivity index (χ0v) is 28.3. The summed E-state index contributed by atoms with van der Waals surface area (Å²) in [7, 11) is 0. The molecule has 9 heteroatoms. The summed E-state index contributed by atoms with van der Waals surface area (Å²) >= 11 is 1.60. The lowest BCUT2D eigenvalue weighted by Gasteiger charge is -2.24. The van der Waals surface area contributed by atoms with Gasteiger partial charge in [0.15, 0.2) is 46.4 Å². The number of rotatable bonds is 2. The van der Waals surface area contributed by atoms with Crippen LogP contribution < -0.4 is 0 Å². The molecule has 1 heterocycles. The Balaban J connectivity index is 1.09. The maximum absolute atomic E-state index is 13.9. The topological polar surface area (TPSA) is 68.3 Å². The van der Waals surface area contributed by atoms with E-state index in [-0.39, 0.29) is 33.4 Å². The molecule has 0 atom stereocenters. The summed E-state index contributed by atoms with van der Waals surface area (Å²) in [6.07, 6.45) is 6.95. The Bertz CT molecular complexity index is 2480. The Morgan fingerprint density at radius 2 is 0.804 bits per heavy atom. The van der Waals surface area contributed by atoms with Crippen LogP contribution >= 0.6 is 11.3 Å². The highest BCUT2D eigenvalue weighted by Gasteiger charge is 2.40. The summed E-state index contributed by atoms with van der Waals surface area (Å²) in [5.74, 6) is -7.29. The number of ketones is 4. The molecular formula is C42H24F4O4S. The van der Waals surface area contributed by atoms with Gasteiger partial charge in [-0.25, -0.2) is 17.6 Å². The van der Waals surface area contributed by atoms with Gasteiger partial charge < -0.3 is 0 Å². The molecule has 9 rings (SSSR count). The van der Waals surface area contributed by atoms with Crippen LogP contribution in [0.25, 0.3) is 32.3 Å². The largest absolute Gasteiger partial charge is 0.288 e. The van der Waals surface area contributed by atoms with E-state index in [1.54, 1.807) is 11.3 Å². The van der Waals surface area contributed by atoms with Crippen molar-refractivity contribution in [3.05, 3.63) is 151 Å². The summed E-state index contributed by atoms with van der Waals surface area (Å²) in [4.78, 5) is 52.6. The van der Waals surface area contributed by atoms with Crippen LogP contribution in [0.15, 0.2) is 83.0 Å². The number of hydrogen-bond donors (Lipinski definition) is 0. The maximum atomic E-state index is 13.9. The smallest absolute Gasteiger partial charge is 0.197 e. The van der Waals surface area contributed by atoms with Gasteiger partial charge in [0.2, 0.25) is 0 Å². The van der Waals surface area contributed by atoms with Gasteiger partial charge in [0.25, 0.3) is 0 Å². The lowest BCUT2D eigenvalue weighted by Crippen LogP contribution is -2.17. The molecule has 0 aliphatic heterocycles. The molecule has 4 aromatic carbocycles. The van der Waals surface area contributed by atoms with E-state index in [9.17, 15) is 36.7 Å². The van der Waals surface area contributed by atoms with Gasteiger partial charge in [0, 0.05) is 53.3 Å². The summed E-state index contributed by atoms with van der Waals surface area (Å²) in [5, 5.41) is 2.03. The van der Waals surface area contributed by atoms with Gasteiger partial charge in [-0.2, -0.15) is 0 Å². The zero-order chi connectivity index (χ0) is 36.0. The molecule has 0 fully saturated rings. The minimum atomic E-state index is -1.19. The van der Waals surface area contributed by atoms with Crippen molar-refractivity contribution in [2.24, 2.45) is 0 Å². The Labute approximate surface area is 292 Å². The Morgan fingerprint density at radius 3 is 1.12 bits per heavy atom. The SMILES string of the molecule is CC1(C)C(C=C2C(=O)c3cc(F)c(F)cc3C2=O)=Cc2cc3sc4cc5c(cc4c3cc21)C(C)(C)C(C=C1C(=O)c2cc(F)c(F)cc2C1=O)=C5. The fourth-order valence-corrected chi connectivity index (χ4v) is 9.04. The summed E-state index contributed by atoms with van der Waals surface area (Å²) in [5.41, 5.74) is 3.22. The molecule has 0 amide bonds. The van der Waals surface area contributed by atoms with Crippen molar-refractivity contribution >= 4 is 66.8 Å². The van der Waals surface area contributed by atoms with Crippen LogP contribution in [0.2, 0.25) is 0 Å². The number of Topliss-reactive ketones (excluding diaryl/α,β-unsaturated/α-hetero) is 4. The first-order valence-electron chi connectivity index (χ1n) is 16.2. The second kappa shape index (κ2) is 10.0. The Morgan fingerprint density at radius 1 is 0.490 bits per heavy atom. The van der Waals surface area contributed by atoms with E-state index < -0.39 is 57.2 Å². The molecule has 4 aliphatic carbocycles. The fourth-order valence-electron chi connectivity index (χ4n) is 7.88. The summed E-state index contributed by atoms with van der Waals surface area (Å²) in [6, 6.07) is 11.5. The summed E-state index contributed by atoms with van der Waals surface area (Å²) < 4.78 is 57.7. The average molecular weight is 701 g/mol. The zero-order valence-electron chi connectivity index (χ0n) is 27.5. The number of carbonyl (C=O) groups excluding carboxylic acids is 4. The fraction of sp³-hybridized carbons (Fsp3) is 0.143. The molecule has 5 aromatic rings. The van der Waals surface area contributed by atoms with Gasteiger partial charge in [-0.15, -0.1) is 11.3 Å². The number of fused-ring (bicyclic) bond motifs is 7. The van der Waals surface area contributed by atoms with Gasteiger partial charge in [-0.3, -0.25) is 19.2 Å². The van der Waals surface area contributed by atoms with Crippen LogP contribution in [0.4, 0.5) is 17.6 Å². The second-order valence-electron chi connectivity index (χ2n) is 14.5. The first kappa shape index (κ1) is 31.4.